The molecule has 6 unspecified atom stereocenters. The molecule has 2 aliphatic heterocycles. The van der Waals surface area contributed by atoms with E-state index >= 15 is 0 Å². The summed E-state index contributed by atoms with van der Waals surface area (Å²) in [6.45, 7) is 5.89. The van der Waals surface area contributed by atoms with E-state index in [2.05, 4.69) is 28.2 Å². The zero-order chi connectivity index (χ0) is 38.1. The van der Waals surface area contributed by atoms with E-state index in [0.29, 0.717) is 103 Å². The highest BCUT2D eigenvalue weighted by Gasteiger charge is 2.33. The van der Waals surface area contributed by atoms with Gasteiger partial charge in [-0.15, -0.1) is 0 Å². The average molecular weight is 743 g/mol. The molecule has 0 bridgehead atoms. The second kappa shape index (κ2) is 27.0. The minimum atomic E-state index is -0.659. The number of hydrogen-bond donors (Lipinski definition) is 6. The highest BCUT2D eigenvalue weighted by molar-refractivity contribution is 5.89. The maximum absolute atomic E-state index is 13.0. The summed E-state index contributed by atoms with van der Waals surface area (Å²) in [6.07, 6.45) is 8.60. The van der Waals surface area contributed by atoms with Crippen molar-refractivity contribution < 1.29 is 53.1 Å². The van der Waals surface area contributed by atoms with Gasteiger partial charge in [0.15, 0.2) is 18.4 Å². The third kappa shape index (κ3) is 19.4. The lowest BCUT2D eigenvalue weighted by atomic mass is 10.00. The Kier molecular flexibility index (Phi) is 23.6. The van der Waals surface area contributed by atoms with Crippen LogP contribution in [0.1, 0.15) is 130 Å². The number of amides is 4. The number of Topliss-reactive ketones (excluding diaryl/α,β-unsaturated/α-hetero) is 1. The number of carbonyl (C=O) groups is 5. The van der Waals surface area contributed by atoms with Crippen LogP contribution < -0.4 is 21.3 Å². The molecule has 0 aromatic rings. The predicted octanol–water partition coefficient (Wildman–Crippen LogP) is 2.29. The summed E-state index contributed by atoms with van der Waals surface area (Å²) in [6, 6.07) is -1.13. The molecule has 0 radical (unpaired) electrons. The molecule has 52 heavy (non-hydrogen) atoms. The van der Waals surface area contributed by atoms with Crippen LogP contribution in [-0.2, 0) is 42.9 Å². The Morgan fingerprint density at radius 3 is 1.69 bits per heavy atom. The van der Waals surface area contributed by atoms with Crippen LogP contribution in [0.25, 0.3) is 0 Å². The van der Waals surface area contributed by atoms with Gasteiger partial charge in [-0.25, -0.2) is 0 Å². The van der Waals surface area contributed by atoms with E-state index in [1.54, 1.807) is 0 Å². The molecular weight excluding hydrogens is 676 g/mol. The maximum atomic E-state index is 13.0. The van der Waals surface area contributed by atoms with Crippen LogP contribution >= 0.6 is 0 Å². The maximum Gasteiger partial charge on any atom is 0.220 e. The van der Waals surface area contributed by atoms with Crippen LogP contribution in [0.3, 0.4) is 0 Å². The second-order valence-electron chi connectivity index (χ2n) is 13.9. The third-order valence-corrected chi connectivity index (χ3v) is 9.25. The Hall–Kier alpha value is -2.69. The number of nitrogens with one attached hydrogen (secondary N) is 4. The van der Waals surface area contributed by atoms with E-state index in [-0.39, 0.29) is 73.3 Å². The number of ketones is 1. The first-order chi connectivity index (χ1) is 25.1. The quantitative estimate of drug-likeness (QED) is 0.0673. The molecule has 15 nitrogen and oxygen atoms in total. The van der Waals surface area contributed by atoms with Gasteiger partial charge in [-0.05, 0) is 77.0 Å². The molecule has 0 saturated carbocycles. The Morgan fingerprint density at radius 1 is 0.673 bits per heavy atom. The molecule has 7 atom stereocenters. The molecule has 0 spiro atoms. The molecule has 2 saturated heterocycles. The molecule has 2 aliphatic rings. The topological polar surface area (TPSA) is 211 Å². The first-order valence-corrected chi connectivity index (χ1v) is 19.4. The van der Waals surface area contributed by atoms with Gasteiger partial charge in [0.05, 0.1) is 43.5 Å². The summed E-state index contributed by atoms with van der Waals surface area (Å²) in [5.41, 5.74) is 0. The fraction of sp³-hybridized carbons (Fsp3) is 0.865. The highest BCUT2D eigenvalue weighted by atomic mass is 16.7. The Balaban J connectivity index is 1.65. The lowest BCUT2D eigenvalue weighted by Crippen LogP contribution is -2.50. The molecule has 4 amide bonds. The van der Waals surface area contributed by atoms with Gasteiger partial charge in [0.25, 0.3) is 0 Å². The third-order valence-electron chi connectivity index (χ3n) is 9.25. The van der Waals surface area contributed by atoms with Crippen molar-refractivity contribution in [1.82, 2.24) is 21.3 Å². The van der Waals surface area contributed by atoms with Crippen LogP contribution in [0.15, 0.2) is 0 Å². The van der Waals surface area contributed by atoms with E-state index < -0.39 is 18.6 Å². The SMILES string of the molecule is CCCCCC(=O)[C@@H](CCCCNC(=O)CCCCOC1OC(CO)CCC1NC(C)=O)NC(=O)CCCCOC1OC(CO)CCC1NC(C)=O. The van der Waals surface area contributed by atoms with Crippen molar-refractivity contribution in [1.29, 1.82) is 0 Å². The lowest BCUT2D eigenvalue weighted by molar-refractivity contribution is -0.214. The van der Waals surface area contributed by atoms with Gasteiger partial charge < -0.3 is 50.4 Å². The molecule has 0 aromatic heterocycles. The zero-order valence-corrected chi connectivity index (χ0v) is 31.7. The number of hydrogen-bond acceptors (Lipinski definition) is 11. The number of rotatable bonds is 27. The fourth-order valence-corrected chi connectivity index (χ4v) is 6.36. The predicted molar refractivity (Wildman–Crippen MR) is 193 cm³/mol. The number of aliphatic hydroxyl groups excluding tert-OH is 2. The second-order valence-corrected chi connectivity index (χ2v) is 13.9. The molecule has 15 heteroatoms. The smallest absolute Gasteiger partial charge is 0.220 e. The van der Waals surface area contributed by atoms with Crippen LogP contribution in [-0.4, -0.2) is 116 Å². The Labute approximate surface area is 309 Å². The molecule has 6 N–H and O–H groups in total. The van der Waals surface area contributed by atoms with Crippen LogP contribution in [0, 0.1) is 0 Å². The van der Waals surface area contributed by atoms with Gasteiger partial charge >= 0.3 is 0 Å². The van der Waals surface area contributed by atoms with Crippen molar-refractivity contribution in [3.63, 3.8) is 0 Å². The van der Waals surface area contributed by atoms with Gasteiger partial charge in [0.2, 0.25) is 23.6 Å². The van der Waals surface area contributed by atoms with Gasteiger partial charge in [-0.3, -0.25) is 24.0 Å². The van der Waals surface area contributed by atoms with E-state index in [4.69, 9.17) is 18.9 Å². The number of aliphatic hydroxyl groups is 2. The first kappa shape index (κ1) is 45.5. The van der Waals surface area contributed by atoms with Crippen molar-refractivity contribution in [2.75, 3.05) is 33.0 Å². The zero-order valence-electron chi connectivity index (χ0n) is 31.7. The number of ether oxygens (including phenoxy) is 4. The normalized spacial score (nSPS) is 23.7. The van der Waals surface area contributed by atoms with E-state index in [0.717, 1.165) is 19.3 Å². The molecule has 0 aromatic carbocycles. The molecule has 2 heterocycles. The first-order valence-electron chi connectivity index (χ1n) is 19.4. The molecule has 2 rings (SSSR count). The monoisotopic (exact) mass is 742 g/mol. The van der Waals surface area contributed by atoms with Gasteiger partial charge in [-0.2, -0.15) is 0 Å². The number of unbranched alkanes of at least 4 members (excludes halogenated alkanes) is 5. The van der Waals surface area contributed by atoms with Crippen LogP contribution in [0.2, 0.25) is 0 Å². The molecule has 300 valence electrons. The van der Waals surface area contributed by atoms with Crippen molar-refractivity contribution in [3.05, 3.63) is 0 Å². The number of carbonyl (C=O) groups excluding carboxylic acids is 5. The van der Waals surface area contributed by atoms with E-state index in [1.165, 1.54) is 13.8 Å². The van der Waals surface area contributed by atoms with Gasteiger partial charge in [0.1, 0.15) is 0 Å². The Bertz CT molecular complexity index is 1060. The van der Waals surface area contributed by atoms with Crippen molar-refractivity contribution in [3.8, 4) is 0 Å². The molecular formula is C37H66N4O11. The minimum Gasteiger partial charge on any atom is -0.394 e. The van der Waals surface area contributed by atoms with Crippen molar-refractivity contribution in [2.24, 2.45) is 0 Å². The summed E-state index contributed by atoms with van der Waals surface area (Å²) >= 11 is 0. The largest absolute Gasteiger partial charge is 0.394 e. The summed E-state index contributed by atoms with van der Waals surface area (Å²) in [5, 5.41) is 30.4. The van der Waals surface area contributed by atoms with Crippen LogP contribution in [0.4, 0.5) is 0 Å². The summed E-state index contributed by atoms with van der Waals surface area (Å²) < 4.78 is 23.2. The summed E-state index contributed by atoms with van der Waals surface area (Å²) in [5.74, 6) is -0.571. The lowest BCUT2D eigenvalue weighted by Gasteiger charge is -2.35. The standard InChI is InChI=1S/C37H66N4O11/c1-4-5-6-14-33(46)30(41-35(48)16-9-12-23-50-37-32(40-27(3)45)20-18-29(25-43)52-37)13-7-10-21-38-34(47)15-8-11-22-49-36-31(39-26(2)44)19-17-28(24-42)51-36/h28-32,36-37,42-43H,4-25H2,1-3H3,(H,38,47)(H,39,44)(H,40,45)(H,41,48)/t28?,29?,30-,31?,32?,36?,37?/m1/s1. The minimum absolute atomic E-state index is 0.0298. The van der Waals surface area contributed by atoms with Gasteiger partial charge in [0, 0.05) is 52.9 Å². The van der Waals surface area contributed by atoms with Crippen molar-refractivity contribution in [2.45, 2.75) is 173 Å². The molecule has 2 fully saturated rings. The fourth-order valence-electron chi connectivity index (χ4n) is 6.36. The van der Waals surface area contributed by atoms with E-state index in [1.807, 2.05) is 0 Å². The van der Waals surface area contributed by atoms with Crippen molar-refractivity contribution >= 4 is 29.4 Å². The Morgan fingerprint density at radius 2 is 1.19 bits per heavy atom. The van der Waals surface area contributed by atoms with E-state index in [9.17, 15) is 34.2 Å². The highest BCUT2D eigenvalue weighted by Crippen LogP contribution is 2.22. The molecule has 0 aliphatic carbocycles. The summed E-state index contributed by atoms with van der Waals surface area (Å²) in [4.78, 5) is 61.2. The van der Waals surface area contributed by atoms with Gasteiger partial charge in [-0.1, -0.05) is 19.8 Å². The van der Waals surface area contributed by atoms with Crippen LogP contribution in [0.5, 0.6) is 0 Å². The average Bonchev–Trinajstić information content (AvgIpc) is 3.11. The summed E-state index contributed by atoms with van der Waals surface area (Å²) in [7, 11) is 0.